The molecule has 23 heavy (non-hydrogen) atoms. The third-order valence-electron chi connectivity index (χ3n) is 3.77. The van der Waals surface area contributed by atoms with Crippen molar-refractivity contribution in [3.8, 4) is 0 Å². The van der Waals surface area contributed by atoms with Crippen molar-refractivity contribution in [2.24, 2.45) is 0 Å². The second-order valence-corrected chi connectivity index (χ2v) is 5.84. The summed E-state index contributed by atoms with van der Waals surface area (Å²) < 4.78 is 5.37. The quantitative estimate of drug-likeness (QED) is 0.762. The number of amides is 1. The minimum atomic E-state index is -0.825. The largest absolute Gasteiger partial charge is 0.463 e. The van der Waals surface area contributed by atoms with Gasteiger partial charge < -0.3 is 14.8 Å². The van der Waals surface area contributed by atoms with Crippen molar-refractivity contribution in [2.45, 2.75) is 19.1 Å². The van der Waals surface area contributed by atoms with Crippen molar-refractivity contribution in [3.63, 3.8) is 0 Å². The second kappa shape index (κ2) is 6.44. The van der Waals surface area contributed by atoms with Crippen LogP contribution in [0.4, 0.5) is 0 Å². The van der Waals surface area contributed by atoms with Gasteiger partial charge in [0.15, 0.2) is 0 Å². The lowest BCUT2D eigenvalue weighted by atomic mass is 10.0. The van der Waals surface area contributed by atoms with Crippen molar-refractivity contribution in [2.75, 3.05) is 0 Å². The first-order valence-electron chi connectivity index (χ1n) is 7.27. The number of fused-ring (bicyclic) bond motifs is 1. The van der Waals surface area contributed by atoms with Gasteiger partial charge in [-0.2, -0.15) is 0 Å². The second-order valence-electron chi connectivity index (χ2n) is 5.40. The van der Waals surface area contributed by atoms with E-state index in [0.29, 0.717) is 21.7 Å². The summed E-state index contributed by atoms with van der Waals surface area (Å²) in [5, 5.41) is 14.5. The molecule has 0 aliphatic heterocycles. The van der Waals surface area contributed by atoms with Crippen LogP contribution in [0.25, 0.3) is 11.0 Å². The van der Waals surface area contributed by atoms with E-state index in [1.807, 2.05) is 18.2 Å². The Labute approximate surface area is 138 Å². The molecule has 2 aromatic carbocycles. The van der Waals surface area contributed by atoms with E-state index >= 15 is 0 Å². The predicted molar refractivity (Wildman–Crippen MR) is 89.6 cm³/mol. The number of nitrogens with one attached hydrogen (secondary N) is 1. The normalized spacial score (nSPS) is 13.7. The number of hydrogen-bond acceptors (Lipinski definition) is 3. The monoisotopic (exact) mass is 329 g/mol. The lowest BCUT2D eigenvalue weighted by molar-refractivity contribution is 0.0853. The van der Waals surface area contributed by atoms with Gasteiger partial charge in [0.1, 0.15) is 11.8 Å². The summed E-state index contributed by atoms with van der Waals surface area (Å²) in [6, 6.07) is 13.8. The number of aliphatic hydroxyl groups is 1. The van der Waals surface area contributed by atoms with Gasteiger partial charge in [-0.05, 0) is 30.7 Å². The Bertz CT molecular complexity index is 826. The van der Waals surface area contributed by atoms with Gasteiger partial charge in [0.2, 0.25) is 0 Å². The highest BCUT2D eigenvalue weighted by Crippen LogP contribution is 2.22. The van der Waals surface area contributed by atoms with Crippen molar-refractivity contribution < 1.29 is 14.3 Å². The maximum atomic E-state index is 12.4. The molecule has 0 aliphatic rings. The van der Waals surface area contributed by atoms with Crippen molar-refractivity contribution in [1.29, 1.82) is 0 Å². The fraction of sp³-hybridized carbons (Fsp3) is 0.167. The summed E-state index contributed by atoms with van der Waals surface area (Å²) >= 11 is 5.84. The molecule has 0 bridgehead atoms. The van der Waals surface area contributed by atoms with Gasteiger partial charge >= 0.3 is 0 Å². The summed E-state index contributed by atoms with van der Waals surface area (Å²) in [5.74, 6) is -0.282. The average Bonchev–Trinajstić information content (AvgIpc) is 2.99. The van der Waals surface area contributed by atoms with E-state index in [-0.39, 0.29) is 5.91 Å². The number of rotatable bonds is 4. The first-order chi connectivity index (χ1) is 11.1. The van der Waals surface area contributed by atoms with Gasteiger partial charge in [-0.3, -0.25) is 4.79 Å². The van der Waals surface area contributed by atoms with E-state index in [1.54, 1.807) is 37.3 Å². The van der Waals surface area contributed by atoms with Gasteiger partial charge in [0.25, 0.3) is 5.91 Å². The number of aliphatic hydroxyl groups excluding tert-OH is 1. The number of hydrogen-bond donors (Lipinski definition) is 2. The number of furan rings is 1. The van der Waals surface area contributed by atoms with Gasteiger partial charge in [-0.1, -0.05) is 41.9 Å². The molecule has 0 aliphatic carbocycles. The molecule has 2 unspecified atom stereocenters. The first kappa shape index (κ1) is 15.6. The molecule has 3 rings (SSSR count). The molecule has 2 atom stereocenters. The van der Waals surface area contributed by atoms with Crippen LogP contribution in [-0.2, 0) is 0 Å². The number of carbonyl (C=O) groups is 1. The molecule has 118 valence electrons. The molecular weight excluding hydrogens is 314 g/mol. The van der Waals surface area contributed by atoms with Crippen LogP contribution >= 0.6 is 11.6 Å². The molecule has 0 saturated carbocycles. The maximum Gasteiger partial charge on any atom is 0.255 e. The maximum absolute atomic E-state index is 12.4. The average molecular weight is 330 g/mol. The summed E-state index contributed by atoms with van der Waals surface area (Å²) in [4.78, 5) is 12.4. The fourth-order valence-electron chi connectivity index (χ4n) is 2.47. The van der Waals surface area contributed by atoms with E-state index in [0.717, 1.165) is 5.39 Å². The van der Waals surface area contributed by atoms with E-state index in [1.165, 1.54) is 6.26 Å². The molecule has 2 N–H and O–H groups in total. The standard InChI is InChI=1S/C18H16ClNO3/c1-11(17(21)12-6-8-13(19)9-7-12)20-18(22)15-10-23-16-5-3-2-4-14(15)16/h2-11,17,21H,1H3,(H,20,22). The third kappa shape index (κ3) is 3.23. The van der Waals surface area contributed by atoms with E-state index in [4.69, 9.17) is 16.0 Å². The molecule has 1 heterocycles. The minimum Gasteiger partial charge on any atom is -0.463 e. The zero-order chi connectivity index (χ0) is 16.4. The van der Waals surface area contributed by atoms with Crippen LogP contribution in [0.2, 0.25) is 5.02 Å². The van der Waals surface area contributed by atoms with Crippen LogP contribution in [0.1, 0.15) is 28.9 Å². The molecule has 4 nitrogen and oxygen atoms in total. The van der Waals surface area contributed by atoms with E-state index < -0.39 is 12.1 Å². The summed E-state index contributed by atoms with van der Waals surface area (Å²) in [5.41, 5.74) is 1.80. The first-order valence-corrected chi connectivity index (χ1v) is 7.64. The highest BCUT2D eigenvalue weighted by molar-refractivity contribution is 6.30. The van der Waals surface area contributed by atoms with Crippen LogP contribution in [0.3, 0.4) is 0 Å². The van der Waals surface area contributed by atoms with Crippen LogP contribution in [-0.4, -0.2) is 17.1 Å². The van der Waals surface area contributed by atoms with Gasteiger partial charge in [0.05, 0.1) is 17.7 Å². The topological polar surface area (TPSA) is 62.5 Å². The number of benzene rings is 2. The molecule has 3 aromatic rings. The van der Waals surface area contributed by atoms with Crippen LogP contribution in [0.15, 0.2) is 59.2 Å². The lowest BCUT2D eigenvalue weighted by Crippen LogP contribution is -2.37. The Hall–Kier alpha value is -2.30. The van der Waals surface area contributed by atoms with Crippen molar-refractivity contribution >= 4 is 28.5 Å². The Balaban J connectivity index is 1.75. The smallest absolute Gasteiger partial charge is 0.255 e. The molecule has 5 heteroatoms. The number of halogens is 1. The van der Waals surface area contributed by atoms with Crippen LogP contribution in [0, 0.1) is 0 Å². The van der Waals surface area contributed by atoms with E-state index in [9.17, 15) is 9.90 Å². The molecule has 0 saturated heterocycles. The van der Waals surface area contributed by atoms with Crippen LogP contribution in [0.5, 0.6) is 0 Å². The minimum absolute atomic E-state index is 0.282. The van der Waals surface area contributed by atoms with Crippen molar-refractivity contribution in [3.05, 3.63) is 70.9 Å². The lowest BCUT2D eigenvalue weighted by Gasteiger charge is -2.20. The highest BCUT2D eigenvalue weighted by Gasteiger charge is 2.21. The molecule has 0 radical (unpaired) electrons. The zero-order valence-corrected chi connectivity index (χ0v) is 13.2. The number of para-hydroxylation sites is 1. The van der Waals surface area contributed by atoms with Gasteiger partial charge in [-0.15, -0.1) is 0 Å². The molecule has 1 amide bonds. The highest BCUT2D eigenvalue weighted by atomic mass is 35.5. The van der Waals surface area contributed by atoms with Gasteiger partial charge in [-0.25, -0.2) is 0 Å². The Morgan fingerprint density at radius 3 is 2.61 bits per heavy atom. The molecule has 0 spiro atoms. The van der Waals surface area contributed by atoms with Crippen molar-refractivity contribution in [1.82, 2.24) is 5.32 Å². The summed E-state index contributed by atoms with van der Waals surface area (Å²) in [6.45, 7) is 1.75. The Morgan fingerprint density at radius 1 is 1.17 bits per heavy atom. The van der Waals surface area contributed by atoms with E-state index in [2.05, 4.69) is 5.32 Å². The fourth-order valence-corrected chi connectivity index (χ4v) is 2.59. The Kier molecular flexibility index (Phi) is 4.37. The summed E-state index contributed by atoms with van der Waals surface area (Å²) in [6.07, 6.45) is 0.607. The predicted octanol–water partition coefficient (Wildman–Crippen LogP) is 3.94. The molecule has 1 aromatic heterocycles. The molecule has 0 fully saturated rings. The summed E-state index contributed by atoms with van der Waals surface area (Å²) in [7, 11) is 0. The third-order valence-corrected chi connectivity index (χ3v) is 4.02. The number of carbonyl (C=O) groups excluding carboxylic acids is 1. The van der Waals surface area contributed by atoms with Crippen LogP contribution < -0.4 is 5.32 Å². The molecular formula is C18H16ClNO3. The SMILES string of the molecule is CC(NC(=O)c1coc2ccccc12)C(O)c1ccc(Cl)cc1. The van der Waals surface area contributed by atoms with Gasteiger partial charge in [0, 0.05) is 10.4 Å². The Morgan fingerprint density at radius 2 is 1.87 bits per heavy atom. The zero-order valence-electron chi connectivity index (χ0n) is 12.5.